The van der Waals surface area contributed by atoms with Crippen LogP contribution in [-0.4, -0.2) is 67.2 Å². The predicted octanol–water partition coefficient (Wildman–Crippen LogP) is 6.93. The number of amides is 1. The molecule has 1 saturated heterocycles. The lowest BCUT2D eigenvalue weighted by atomic mass is 9.46. The minimum absolute atomic E-state index is 0.171. The molecule has 3 saturated carbocycles. The van der Waals surface area contributed by atoms with Crippen LogP contribution < -0.4 is 5.32 Å². The number of fused-ring (bicyclic) bond motifs is 5. The molecule has 0 aromatic heterocycles. The maximum Gasteiger partial charge on any atom is 0.303 e. The van der Waals surface area contributed by atoms with Crippen LogP contribution in [-0.2, 0) is 42.9 Å². The Kier molecular flexibility index (Phi) is 12.7. The average Bonchev–Trinajstić information content (AvgIpc) is 3.39. The predicted molar refractivity (Wildman–Crippen MR) is 192 cm³/mol. The summed E-state index contributed by atoms with van der Waals surface area (Å²) in [6.07, 6.45) is 12.5. The Balaban J connectivity index is 1.32. The third-order valence-electron chi connectivity index (χ3n) is 13.7. The van der Waals surface area contributed by atoms with Crippen molar-refractivity contribution in [1.29, 1.82) is 0 Å². The molecule has 4 fully saturated rings. The molecule has 10 nitrogen and oxygen atoms in total. The molecule has 1 N–H and O–H groups in total. The molecule has 4 aliphatic carbocycles. The number of hydrogen-bond acceptors (Lipinski definition) is 9. The van der Waals surface area contributed by atoms with Crippen LogP contribution in [0.3, 0.4) is 0 Å². The fourth-order valence-electron chi connectivity index (χ4n) is 11.3. The zero-order valence-corrected chi connectivity index (χ0v) is 32.6. The summed E-state index contributed by atoms with van der Waals surface area (Å²) >= 11 is 0. The number of nitrogens with one attached hydrogen (secondary N) is 1. The van der Waals surface area contributed by atoms with E-state index in [4.69, 9.17) is 23.7 Å². The normalized spacial score (nSPS) is 40.7. The second-order valence-corrected chi connectivity index (χ2v) is 17.6. The van der Waals surface area contributed by atoms with Crippen molar-refractivity contribution in [2.75, 3.05) is 6.61 Å². The molecular weight excluding hydrogens is 650 g/mol. The van der Waals surface area contributed by atoms with Crippen LogP contribution in [0, 0.1) is 52.3 Å². The maximum absolute atomic E-state index is 12.5. The largest absolute Gasteiger partial charge is 0.463 e. The summed E-state index contributed by atoms with van der Waals surface area (Å²) in [6, 6.07) is -0.956. The molecular formula is C41H65NO9. The molecule has 0 unspecified atom stereocenters. The summed E-state index contributed by atoms with van der Waals surface area (Å²) in [5.74, 6) is 2.54. The Labute approximate surface area is 305 Å². The highest BCUT2D eigenvalue weighted by molar-refractivity contribution is 5.73. The number of esters is 3. The molecule has 10 heteroatoms. The Morgan fingerprint density at radius 1 is 0.824 bits per heavy atom. The number of carbonyl (C=O) groups is 4. The summed E-state index contributed by atoms with van der Waals surface area (Å²) in [5.41, 5.74) is 0.582. The number of carbonyl (C=O) groups excluding carboxylic acids is 4. The minimum Gasteiger partial charge on any atom is -0.463 e. The van der Waals surface area contributed by atoms with Crippen LogP contribution in [0.15, 0.2) is 12.2 Å². The van der Waals surface area contributed by atoms with Gasteiger partial charge in [0.1, 0.15) is 18.8 Å². The third kappa shape index (κ3) is 8.69. The van der Waals surface area contributed by atoms with Gasteiger partial charge in [-0.15, -0.1) is 0 Å². The molecule has 14 atom stereocenters. The van der Waals surface area contributed by atoms with Gasteiger partial charge in [0.05, 0.1) is 6.10 Å². The van der Waals surface area contributed by atoms with Gasteiger partial charge in [0.25, 0.3) is 0 Å². The zero-order chi connectivity index (χ0) is 37.2. The molecule has 1 heterocycles. The van der Waals surface area contributed by atoms with Crippen molar-refractivity contribution in [2.24, 2.45) is 52.3 Å². The van der Waals surface area contributed by atoms with E-state index in [-0.39, 0.29) is 24.0 Å². The quantitative estimate of drug-likeness (QED) is 0.130. The summed E-state index contributed by atoms with van der Waals surface area (Å²) < 4.78 is 29.6. The Morgan fingerprint density at radius 3 is 2.14 bits per heavy atom. The van der Waals surface area contributed by atoms with Crippen LogP contribution in [0.1, 0.15) is 127 Å². The van der Waals surface area contributed by atoms with Gasteiger partial charge in [0.15, 0.2) is 18.5 Å². The van der Waals surface area contributed by atoms with Gasteiger partial charge in [0.2, 0.25) is 5.91 Å². The fourth-order valence-corrected chi connectivity index (χ4v) is 11.3. The van der Waals surface area contributed by atoms with Crippen molar-refractivity contribution in [1.82, 2.24) is 5.32 Å². The number of rotatable bonds is 12. The molecule has 288 valence electrons. The first-order valence-corrected chi connectivity index (χ1v) is 19.8. The van der Waals surface area contributed by atoms with Gasteiger partial charge in [-0.05, 0) is 97.2 Å². The molecule has 1 aliphatic heterocycles. The van der Waals surface area contributed by atoms with Crippen LogP contribution >= 0.6 is 0 Å². The van der Waals surface area contributed by atoms with Crippen molar-refractivity contribution >= 4 is 23.8 Å². The average molecular weight is 716 g/mol. The summed E-state index contributed by atoms with van der Waals surface area (Å²) in [4.78, 5) is 48.7. The van der Waals surface area contributed by atoms with Gasteiger partial charge in [-0.2, -0.15) is 0 Å². The molecule has 0 spiro atoms. The summed E-state index contributed by atoms with van der Waals surface area (Å²) in [6.45, 7) is 17.2. The molecule has 0 bridgehead atoms. The fraction of sp³-hybridized carbons (Fsp3) is 0.854. The lowest BCUT2D eigenvalue weighted by Gasteiger charge is -2.59. The van der Waals surface area contributed by atoms with E-state index in [9.17, 15) is 19.2 Å². The highest BCUT2D eigenvalue weighted by Crippen LogP contribution is 2.67. The van der Waals surface area contributed by atoms with E-state index in [0.717, 1.165) is 42.9 Å². The van der Waals surface area contributed by atoms with E-state index in [0.29, 0.717) is 23.2 Å². The van der Waals surface area contributed by atoms with Gasteiger partial charge < -0.3 is 29.0 Å². The summed E-state index contributed by atoms with van der Waals surface area (Å²) in [7, 11) is 0. The number of allylic oxidation sites excluding steroid dienone is 2. The molecule has 51 heavy (non-hydrogen) atoms. The van der Waals surface area contributed by atoms with E-state index in [1.807, 2.05) is 0 Å². The second-order valence-electron chi connectivity index (χ2n) is 17.6. The molecule has 0 aromatic rings. The number of hydrogen-bond donors (Lipinski definition) is 1. The van der Waals surface area contributed by atoms with E-state index < -0.39 is 48.6 Å². The van der Waals surface area contributed by atoms with Gasteiger partial charge in [-0.25, -0.2) is 0 Å². The Hall–Kier alpha value is -2.46. The lowest BCUT2D eigenvalue weighted by Crippen LogP contribution is -2.67. The Bertz CT molecular complexity index is 1300. The topological polar surface area (TPSA) is 126 Å². The molecule has 1 amide bonds. The Morgan fingerprint density at radius 2 is 1.49 bits per heavy atom. The van der Waals surface area contributed by atoms with Gasteiger partial charge in [0, 0.05) is 27.7 Å². The molecule has 5 aliphatic rings. The molecule has 0 radical (unpaired) electrons. The highest BCUT2D eigenvalue weighted by Gasteiger charge is 2.60. The number of ether oxygens (including phenoxy) is 5. The van der Waals surface area contributed by atoms with Crippen LogP contribution in [0.5, 0.6) is 0 Å². The van der Waals surface area contributed by atoms with E-state index in [2.05, 4.69) is 52.1 Å². The monoisotopic (exact) mass is 715 g/mol. The van der Waals surface area contributed by atoms with Crippen molar-refractivity contribution in [3.63, 3.8) is 0 Å². The van der Waals surface area contributed by atoms with Crippen molar-refractivity contribution in [2.45, 2.75) is 163 Å². The zero-order valence-electron chi connectivity index (χ0n) is 32.6. The van der Waals surface area contributed by atoms with Crippen LogP contribution in [0.25, 0.3) is 0 Å². The molecule has 0 aromatic carbocycles. The van der Waals surface area contributed by atoms with Crippen molar-refractivity contribution in [3.05, 3.63) is 12.2 Å². The molecule has 5 rings (SSSR count). The third-order valence-corrected chi connectivity index (χ3v) is 13.7. The van der Waals surface area contributed by atoms with E-state index in [1.54, 1.807) is 0 Å². The second kappa shape index (κ2) is 16.3. The minimum atomic E-state index is -1.13. The first-order valence-electron chi connectivity index (χ1n) is 19.8. The lowest BCUT2D eigenvalue weighted by molar-refractivity contribution is -0.292. The van der Waals surface area contributed by atoms with Crippen LogP contribution in [0.2, 0.25) is 0 Å². The van der Waals surface area contributed by atoms with Gasteiger partial charge in [-0.1, -0.05) is 66.0 Å². The first kappa shape index (κ1) is 39.7. The van der Waals surface area contributed by atoms with E-state index >= 15 is 0 Å². The smallest absolute Gasteiger partial charge is 0.303 e. The standard InChI is InChI=1S/C41H65NO9/c1-23(2)11-10-12-24(3)32-15-16-33-31-14-13-29-21-30(17-19-40(29,8)34(31)18-20-41(32,33)9)50-39-36(42-25(4)43)38(49-28(7)46)37(48-27(6)45)35(51-39)22-47-26(5)44/h13-14,23-24,29-39H,10-12,15-22H2,1-9H3,(H,42,43)/t24-,29+,30+,31-,32+,33-,34-,35+,36-,37+,38-,39+,40+,41-/m1/s1. The maximum atomic E-state index is 12.5. The van der Waals surface area contributed by atoms with Crippen molar-refractivity contribution < 1.29 is 42.9 Å². The van der Waals surface area contributed by atoms with Gasteiger partial charge in [-0.3, -0.25) is 19.2 Å². The first-order chi connectivity index (χ1) is 24.0. The summed E-state index contributed by atoms with van der Waals surface area (Å²) in [5, 5.41) is 2.84. The highest BCUT2D eigenvalue weighted by atomic mass is 16.7. The van der Waals surface area contributed by atoms with Crippen molar-refractivity contribution in [3.8, 4) is 0 Å². The van der Waals surface area contributed by atoms with Gasteiger partial charge >= 0.3 is 17.9 Å². The van der Waals surface area contributed by atoms with Crippen LogP contribution in [0.4, 0.5) is 0 Å². The van der Waals surface area contributed by atoms with E-state index in [1.165, 1.54) is 72.6 Å². The SMILES string of the molecule is CC(=O)N[C@H]1[C@@H](O[C@H]2CC[C@]3(C)[C@@H]4CC[C@@]5(C)[C@H](CC[C@H]5[C@H](C)CCCC(C)C)[C@H]4C=C[C@H]3C2)O[C@@H](COC(C)=O)[C@H](OC(C)=O)[C@@H]1OC(C)=O.